The molecule has 0 aromatic carbocycles. The summed E-state index contributed by atoms with van der Waals surface area (Å²) in [5.74, 6) is 1.25. The van der Waals surface area contributed by atoms with Crippen LogP contribution in [-0.4, -0.2) is 9.55 Å². The van der Waals surface area contributed by atoms with E-state index in [0.717, 1.165) is 0 Å². The third-order valence-electron chi connectivity index (χ3n) is 4.41. The lowest BCUT2D eigenvalue weighted by Crippen LogP contribution is -2.09. The zero-order valence-corrected chi connectivity index (χ0v) is 12.9. The summed E-state index contributed by atoms with van der Waals surface area (Å²) >= 11 is 0. The maximum Gasteiger partial charge on any atom is 0.106 e. The van der Waals surface area contributed by atoms with Gasteiger partial charge in [-0.2, -0.15) is 0 Å². The minimum atomic E-state index is 1.20. The van der Waals surface area contributed by atoms with Crippen molar-refractivity contribution in [2.24, 2.45) is 0 Å². The molecule has 1 aliphatic rings. The smallest absolute Gasteiger partial charge is 0.106 e. The van der Waals surface area contributed by atoms with Crippen molar-refractivity contribution in [3.63, 3.8) is 0 Å². The zero-order chi connectivity index (χ0) is 13.5. The fourth-order valence-electron chi connectivity index (χ4n) is 3.26. The van der Waals surface area contributed by atoms with Crippen LogP contribution in [0.25, 0.3) is 0 Å². The number of fused-ring (bicyclic) bond motifs is 1. The van der Waals surface area contributed by atoms with Gasteiger partial charge in [-0.25, -0.2) is 4.98 Å². The number of hydrogen-bond donors (Lipinski definition) is 0. The Morgan fingerprint density at radius 2 is 1.63 bits per heavy atom. The molecule has 2 rings (SSSR count). The van der Waals surface area contributed by atoms with Gasteiger partial charge < -0.3 is 4.57 Å². The average molecular weight is 262 g/mol. The molecule has 0 unspecified atom stereocenters. The van der Waals surface area contributed by atoms with E-state index in [0.29, 0.717) is 0 Å². The maximum absolute atomic E-state index is 4.75. The molecule has 1 aromatic heterocycles. The molecule has 108 valence electrons. The maximum atomic E-state index is 4.75. The molecule has 0 spiro atoms. The molecule has 1 aromatic rings. The largest absolute Gasteiger partial charge is 0.332 e. The topological polar surface area (TPSA) is 17.8 Å². The van der Waals surface area contributed by atoms with Crippen molar-refractivity contribution in [3.05, 3.63) is 17.2 Å². The van der Waals surface area contributed by atoms with Crippen LogP contribution in [0.2, 0.25) is 0 Å². The quantitative estimate of drug-likeness (QED) is 0.614. The molecule has 19 heavy (non-hydrogen) atoms. The highest BCUT2D eigenvalue weighted by atomic mass is 15.1. The lowest BCUT2D eigenvalue weighted by Gasteiger charge is -2.14. The Balaban J connectivity index is 1.72. The number of rotatable bonds is 8. The molecule has 2 heteroatoms. The molecule has 0 saturated heterocycles. The predicted molar refractivity (Wildman–Crippen MR) is 81.6 cm³/mol. The van der Waals surface area contributed by atoms with Crippen LogP contribution in [0.5, 0.6) is 0 Å². The molecule has 1 heterocycles. The van der Waals surface area contributed by atoms with Gasteiger partial charge in [-0.15, -0.1) is 0 Å². The van der Waals surface area contributed by atoms with Crippen molar-refractivity contribution in [2.75, 3.05) is 0 Å². The first-order valence-electron chi connectivity index (χ1n) is 8.37. The van der Waals surface area contributed by atoms with Gasteiger partial charge in [0.1, 0.15) is 5.82 Å². The number of nitrogens with zero attached hydrogens (tertiary/aromatic N) is 2. The normalized spacial score (nSPS) is 14.6. The fourth-order valence-corrected chi connectivity index (χ4v) is 3.26. The Labute approximate surface area is 118 Å². The number of imidazole rings is 1. The molecule has 0 aliphatic heterocycles. The van der Waals surface area contributed by atoms with Crippen LogP contribution >= 0.6 is 0 Å². The highest BCUT2D eigenvalue weighted by Crippen LogP contribution is 2.22. The van der Waals surface area contributed by atoms with Gasteiger partial charge in [0, 0.05) is 12.2 Å². The molecule has 0 saturated carbocycles. The molecule has 2 nitrogen and oxygen atoms in total. The Hall–Kier alpha value is -0.790. The number of unbranched alkanes of at least 4 members (excludes halogenated alkanes) is 6. The second kappa shape index (κ2) is 7.72. The summed E-state index contributed by atoms with van der Waals surface area (Å²) in [6.07, 6.45) is 14.9. The molecule has 1 aliphatic carbocycles. The highest BCUT2D eigenvalue weighted by Gasteiger charge is 2.17. The number of hydrogen-bond acceptors (Lipinski definition) is 1. The second-order valence-corrected chi connectivity index (χ2v) is 6.03. The van der Waals surface area contributed by atoms with Crippen LogP contribution in [-0.2, 0) is 19.4 Å². The minimum absolute atomic E-state index is 1.20. The Kier molecular flexibility index (Phi) is 5.93. The van der Waals surface area contributed by atoms with Gasteiger partial charge in [-0.1, -0.05) is 45.4 Å². The van der Waals surface area contributed by atoms with E-state index in [4.69, 9.17) is 4.98 Å². The fraction of sp³-hybridized carbons (Fsp3) is 0.824. The van der Waals surface area contributed by atoms with E-state index >= 15 is 0 Å². The van der Waals surface area contributed by atoms with Crippen LogP contribution in [0.1, 0.15) is 81.9 Å². The van der Waals surface area contributed by atoms with Crippen LogP contribution in [0.3, 0.4) is 0 Å². The highest BCUT2D eigenvalue weighted by molar-refractivity contribution is 5.19. The first-order chi connectivity index (χ1) is 9.33. The van der Waals surface area contributed by atoms with Gasteiger partial charge in [0.05, 0.1) is 5.69 Å². The molecule has 0 atom stereocenters. The van der Waals surface area contributed by atoms with E-state index in [1.54, 1.807) is 5.69 Å². The molecule has 0 bridgehead atoms. The number of aryl methyl sites for hydroxylation is 2. The lowest BCUT2D eigenvalue weighted by atomic mass is 10.0. The first-order valence-corrected chi connectivity index (χ1v) is 8.37. The second-order valence-electron chi connectivity index (χ2n) is 6.03. The van der Waals surface area contributed by atoms with Gasteiger partial charge >= 0.3 is 0 Å². The average Bonchev–Trinajstić information content (AvgIpc) is 2.74. The van der Waals surface area contributed by atoms with Gasteiger partial charge in [-0.05, 0) is 39.0 Å². The van der Waals surface area contributed by atoms with Crippen molar-refractivity contribution < 1.29 is 0 Å². The van der Waals surface area contributed by atoms with Gasteiger partial charge in [0.15, 0.2) is 0 Å². The third kappa shape index (κ3) is 4.09. The van der Waals surface area contributed by atoms with Crippen molar-refractivity contribution in [2.45, 2.75) is 91.0 Å². The molecular formula is C17H30N2. The molecule has 0 N–H and O–H groups in total. The lowest BCUT2D eigenvalue weighted by molar-refractivity contribution is 0.527. The Bertz CT molecular complexity index is 379. The summed E-state index contributed by atoms with van der Waals surface area (Å²) in [7, 11) is 0. The molecule has 0 radical (unpaired) electrons. The van der Waals surface area contributed by atoms with Crippen molar-refractivity contribution in [1.29, 1.82) is 0 Å². The van der Waals surface area contributed by atoms with E-state index in [-0.39, 0.29) is 0 Å². The van der Waals surface area contributed by atoms with E-state index < -0.39 is 0 Å². The third-order valence-corrected chi connectivity index (χ3v) is 4.41. The van der Waals surface area contributed by atoms with Crippen molar-refractivity contribution in [1.82, 2.24) is 9.55 Å². The van der Waals surface area contributed by atoms with E-state index in [2.05, 4.69) is 18.4 Å². The standard InChI is InChI=1S/C17H30N2/c1-3-4-5-6-7-8-11-14-19-15(2)18-16-12-9-10-13-17(16)19/h3-14H2,1-2H3. The molecular weight excluding hydrogens is 232 g/mol. The van der Waals surface area contributed by atoms with Crippen molar-refractivity contribution >= 4 is 0 Å². The van der Waals surface area contributed by atoms with Crippen LogP contribution in [0.15, 0.2) is 0 Å². The summed E-state index contributed by atoms with van der Waals surface area (Å²) in [5, 5.41) is 0. The van der Waals surface area contributed by atoms with E-state index in [9.17, 15) is 0 Å². The van der Waals surface area contributed by atoms with Crippen LogP contribution in [0.4, 0.5) is 0 Å². The zero-order valence-electron chi connectivity index (χ0n) is 12.9. The van der Waals surface area contributed by atoms with Gasteiger partial charge in [0.2, 0.25) is 0 Å². The Morgan fingerprint density at radius 3 is 2.42 bits per heavy atom. The van der Waals surface area contributed by atoms with Crippen molar-refractivity contribution in [3.8, 4) is 0 Å². The van der Waals surface area contributed by atoms with E-state index in [1.807, 2.05) is 0 Å². The molecule has 0 amide bonds. The van der Waals surface area contributed by atoms with E-state index in [1.165, 1.54) is 88.7 Å². The monoisotopic (exact) mass is 262 g/mol. The number of aromatic nitrogens is 2. The summed E-state index contributed by atoms with van der Waals surface area (Å²) in [6, 6.07) is 0. The predicted octanol–water partition coefficient (Wildman–Crippen LogP) is 4.82. The van der Waals surface area contributed by atoms with Crippen LogP contribution < -0.4 is 0 Å². The SMILES string of the molecule is CCCCCCCCCn1c(C)nc2c1CCCC2. The Morgan fingerprint density at radius 1 is 0.947 bits per heavy atom. The summed E-state index contributed by atoms with van der Waals surface area (Å²) in [5.41, 5.74) is 2.95. The van der Waals surface area contributed by atoms with Gasteiger partial charge in [-0.3, -0.25) is 0 Å². The molecule has 0 fully saturated rings. The van der Waals surface area contributed by atoms with Crippen LogP contribution in [0, 0.1) is 6.92 Å². The minimum Gasteiger partial charge on any atom is -0.332 e. The summed E-state index contributed by atoms with van der Waals surface area (Å²) in [6.45, 7) is 5.66. The van der Waals surface area contributed by atoms with Gasteiger partial charge in [0.25, 0.3) is 0 Å². The summed E-state index contributed by atoms with van der Waals surface area (Å²) in [4.78, 5) is 4.75. The summed E-state index contributed by atoms with van der Waals surface area (Å²) < 4.78 is 2.50. The first kappa shape index (κ1) is 14.6.